The van der Waals surface area contributed by atoms with Crippen molar-refractivity contribution in [1.82, 2.24) is 0 Å². The summed E-state index contributed by atoms with van der Waals surface area (Å²) in [6.07, 6.45) is 0.140. The first-order valence-electron chi connectivity index (χ1n) is 2.90. The van der Waals surface area contributed by atoms with Crippen LogP contribution in [0.3, 0.4) is 0 Å². The molecule has 9 heavy (non-hydrogen) atoms. The first-order valence-corrected chi connectivity index (χ1v) is 4.31. The van der Waals surface area contributed by atoms with Crippen molar-refractivity contribution in [2.24, 2.45) is 0 Å². The van der Waals surface area contributed by atoms with Gasteiger partial charge in [-0.3, -0.25) is 0 Å². The molecule has 0 aromatic heterocycles. The molecule has 0 heterocycles. The summed E-state index contributed by atoms with van der Waals surface area (Å²) in [5, 5.41) is 8.10. The molecule has 0 aliphatic heterocycles. The Hall–Kier alpha value is 0.140. The van der Waals surface area contributed by atoms with Crippen LogP contribution in [0.2, 0.25) is 3.67 Å². The van der Waals surface area contributed by atoms with E-state index in [0.29, 0.717) is 6.42 Å². The van der Waals surface area contributed by atoms with Crippen LogP contribution < -0.4 is 0 Å². The molecule has 0 aromatic rings. The van der Waals surface area contributed by atoms with E-state index in [1.165, 1.54) is 0 Å². The monoisotopic (exact) mass is 138 g/mol. The number of carboxylic acid groups (broad SMARTS) is 1. The number of Topliss-reactive ketones (excluding diaryl/α,β-unsaturated/α-hetero) is 1. The molecule has 0 aliphatic rings. The van der Waals surface area contributed by atoms with Gasteiger partial charge in [0, 0.05) is 0 Å². The van der Waals surface area contributed by atoms with Crippen LogP contribution in [0, 0.1) is 0 Å². The summed E-state index contributed by atoms with van der Waals surface area (Å²) in [5.74, 6) is -1.17. The molecule has 0 radical (unpaired) electrons. The number of hydrogen-bond donors (Lipinski definition) is 1. The van der Waals surface area contributed by atoms with Crippen LogP contribution in [0.4, 0.5) is 0 Å². The van der Waals surface area contributed by atoms with Gasteiger partial charge in [-0.2, -0.15) is 0 Å². The number of carboxylic acids is 1. The summed E-state index contributed by atoms with van der Waals surface area (Å²) in [6.45, 7) is 0. The quantitative estimate of drug-likeness (QED) is 0.439. The average Bonchev–Trinajstić information content (AvgIpc) is 1.63. The second kappa shape index (κ2) is 4.97. The van der Waals surface area contributed by atoms with Crippen LogP contribution in [0.15, 0.2) is 0 Å². The van der Waals surface area contributed by atoms with Gasteiger partial charge in [0.1, 0.15) is 0 Å². The molecule has 0 spiro atoms. The van der Waals surface area contributed by atoms with E-state index in [9.17, 15) is 9.59 Å². The summed E-state index contributed by atoms with van der Waals surface area (Å²) in [7, 11) is 0. The predicted molar refractivity (Wildman–Crippen MR) is 32.4 cm³/mol. The van der Waals surface area contributed by atoms with Gasteiger partial charge in [0.25, 0.3) is 0 Å². The zero-order chi connectivity index (χ0) is 7.28. The molecule has 0 aliphatic carbocycles. The zero-order valence-electron chi connectivity index (χ0n) is 5.39. The number of carbonyl (C=O) groups excluding carboxylic acids is 1. The van der Waals surface area contributed by atoms with Crippen molar-refractivity contribution in [3.8, 4) is 0 Å². The fourth-order valence-corrected chi connectivity index (χ4v) is 1.09. The third-order valence-corrected chi connectivity index (χ3v) is 1.38. The van der Waals surface area contributed by atoms with Crippen LogP contribution in [-0.4, -0.2) is 44.8 Å². The third kappa shape index (κ3) is 6.02. The number of aliphatic carboxylic acids is 1. The molecule has 0 saturated heterocycles. The van der Waals surface area contributed by atoms with Gasteiger partial charge < -0.3 is 0 Å². The molecule has 46 valence electrons. The van der Waals surface area contributed by atoms with E-state index in [1.54, 1.807) is 0 Å². The molecular formula is C5H7NaO3. The first-order chi connectivity index (χ1) is 4.16. The maximum absolute atomic E-state index is 10.5. The Morgan fingerprint density at radius 1 is 1.44 bits per heavy atom. The van der Waals surface area contributed by atoms with Gasteiger partial charge in [-0.1, -0.05) is 0 Å². The molecule has 3 nitrogen and oxygen atoms in total. The van der Waals surface area contributed by atoms with Gasteiger partial charge in [0.05, 0.1) is 0 Å². The molecular weight excluding hydrogens is 131 g/mol. The van der Waals surface area contributed by atoms with E-state index in [0.717, 1.165) is 31.6 Å². The van der Waals surface area contributed by atoms with Crippen LogP contribution >= 0.6 is 0 Å². The topological polar surface area (TPSA) is 54.4 Å². The minimum atomic E-state index is -1.02. The van der Waals surface area contributed by atoms with Crippen molar-refractivity contribution in [2.45, 2.75) is 16.5 Å². The first kappa shape index (κ1) is 9.14. The molecule has 0 amide bonds. The SMILES string of the molecule is O=C(O)CC(=O)C[CH2][Na]. The van der Waals surface area contributed by atoms with Gasteiger partial charge >= 0.3 is 70.9 Å². The number of carbonyl (C=O) groups is 2. The second-order valence-electron chi connectivity index (χ2n) is 1.86. The van der Waals surface area contributed by atoms with E-state index in [2.05, 4.69) is 0 Å². The van der Waals surface area contributed by atoms with Crippen molar-refractivity contribution in [3.63, 3.8) is 0 Å². The van der Waals surface area contributed by atoms with E-state index in [1.807, 2.05) is 0 Å². The van der Waals surface area contributed by atoms with Crippen LogP contribution in [-0.2, 0) is 9.59 Å². The second-order valence-corrected chi connectivity index (χ2v) is 2.86. The molecule has 0 fully saturated rings. The summed E-state index contributed by atoms with van der Waals surface area (Å²) < 4.78 is 0.867. The Morgan fingerprint density at radius 2 is 2.00 bits per heavy atom. The molecule has 0 aromatic carbocycles. The summed E-state index contributed by atoms with van der Waals surface area (Å²) in [6, 6.07) is 0. The van der Waals surface area contributed by atoms with Crippen molar-refractivity contribution < 1.29 is 14.7 Å². The standard InChI is InChI=1S/C5H7O3.Na/c1-2-4(6)3-5(7)8;/h1-3H2,(H,7,8);. The molecule has 4 heteroatoms. The Bertz CT molecular complexity index is 121. The average molecular weight is 138 g/mol. The normalized spacial score (nSPS) is 9.11. The molecule has 0 bridgehead atoms. The summed E-state index contributed by atoms with van der Waals surface area (Å²) in [4.78, 5) is 20.4. The molecule has 0 rings (SSSR count). The van der Waals surface area contributed by atoms with Crippen LogP contribution in [0.1, 0.15) is 12.8 Å². The van der Waals surface area contributed by atoms with Crippen molar-refractivity contribution in [3.05, 3.63) is 0 Å². The Morgan fingerprint density at radius 3 is 2.33 bits per heavy atom. The fraction of sp³-hybridized carbons (Fsp3) is 0.600. The van der Waals surface area contributed by atoms with Gasteiger partial charge in [-0.15, -0.1) is 0 Å². The van der Waals surface area contributed by atoms with Crippen molar-refractivity contribution >= 4 is 39.7 Å². The van der Waals surface area contributed by atoms with Gasteiger partial charge in [-0.25, -0.2) is 0 Å². The predicted octanol–water partition coefficient (Wildman–Crippen LogP) is 0.00710. The zero-order valence-corrected chi connectivity index (χ0v) is 7.39. The van der Waals surface area contributed by atoms with Crippen molar-refractivity contribution in [1.29, 1.82) is 0 Å². The van der Waals surface area contributed by atoms with Crippen LogP contribution in [0.5, 0.6) is 0 Å². The summed E-state index contributed by atoms with van der Waals surface area (Å²) >= 11 is 0.974. The van der Waals surface area contributed by atoms with Crippen LogP contribution in [0.25, 0.3) is 0 Å². The van der Waals surface area contributed by atoms with E-state index in [4.69, 9.17) is 5.11 Å². The van der Waals surface area contributed by atoms with Crippen molar-refractivity contribution in [2.75, 3.05) is 0 Å². The Balaban J connectivity index is 3.39. The molecule has 0 unspecified atom stereocenters. The Labute approximate surface area is 70.8 Å². The molecule has 0 atom stereocenters. The molecule has 1 N–H and O–H groups in total. The van der Waals surface area contributed by atoms with Gasteiger partial charge in [0.2, 0.25) is 0 Å². The number of ketones is 1. The Kier molecular flexibility index (Phi) is 5.04. The number of rotatable bonds is 4. The van der Waals surface area contributed by atoms with E-state index < -0.39 is 5.97 Å². The van der Waals surface area contributed by atoms with Gasteiger partial charge in [0.15, 0.2) is 0 Å². The summed E-state index contributed by atoms with van der Waals surface area (Å²) in [5.41, 5.74) is 0. The maximum atomic E-state index is 10.5. The van der Waals surface area contributed by atoms with E-state index in [-0.39, 0.29) is 12.2 Å². The minimum absolute atomic E-state index is 0.155. The molecule has 0 saturated carbocycles. The third-order valence-electron chi connectivity index (χ3n) is 0.877. The number of hydrogen-bond acceptors (Lipinski definition) is 2. The van der Waals surface area contributed by atoms with E-state index >= 15 is 0 Å². The van der Waals surface area contributed by atoms with Gasteiger partial charge in [-0.05, 0) is 0 Å². The fourth-order valence-electron chi connectivity index (χ4n) is 0.536.